The Bertz CT molecular complexity index is 1130. The maximum absolute atomic E-state index is 12.9. The van der Waals surface area contributed by atoms with Gasteiger partial charge < -0.3 is 35.2 Å². The van der Waals surface area contributed by atoms with Gasteiger partial charge in [-0.1, -0.05) is 41.4 Å². The highest BCUT2D eigenvalue weighted by atomic mass is 35.5. The molecule has 2 heterocycles. The van der Waals surface area contributed by atoms with Gasteiger partial charge >= 0.3 is 5.97 Å². The van der Waals surface area contributed by atoms with Gasteiger partial charge in [0.25, 0.3) is 5.91 Å². The lowest BCUT2D eigenvalue weighted by molar-refractivity contribution is -0.300. The van der Waals surface area contributed by atoms with Gasteiger partial charge in [-0.15, -0.1) is 0 Å². The normalized spacial score (nSPS) is 29.5. The monoisotopic (exact) mass is 496 g/mol. The lowest BCUT2D eigenvalue weighted by Gasteiger charge is -2.39. The van der Waals surface area contributed by atoms with E-state index in [1.54, 1.807) is 42.5 Å². The van der Waals surface area contributed by atoms with Crippen molar-refractivity contribution in [3.63, 3.8) is 0 Å². The minimum Gasteiger partial charge on any atom is -0.479 e. The van der Waals surface area contributed by atoms with Crippen LogP contribution in [0.25, 0.3) is 0 Å². The van der Waals surface area contributed by atoms with Crippen molar-refractivity contribution in [1.29, 1.82) is 0 Å². The van der Waals surface area contributed by atoms with Gasteiger partial charge in [0.15, 0.2) is 12.4 Å². The Morgan fingerprint density at radius 2 is 1.76 bits per heavy atom. The number of halogens is 2. The van der Waals surface area contributed by atoms with Crippen molar-refractivity contribution in [2.75, 3.05) is 5.32 Å². The lowest BCUT2D eigenvalue weighted by Crippen LogP contribution is -2.61. The Morgan fingerprint density at radius 1 is 1.03 bits per heavy atom. The third kappa shape index (κ3) is 4.59. The number of aliphatic hydroxyl groups excluding tert-OH is 3. The van der Waals surface area contributed by atoms with Crippen molar-refractivity contribution in [2.24, 2.45) is 4.99 Å². The number of amides is 1. The Kier molecular flexibility index (Phi) is 6.68. The van der Waals surface area contributed by atoms with E-state index >= 15 is 0 Å². The number of anilines is 1. The molecule has 2 aromatic rings. The molecule has 6 atom stereocenters. The summed E-state index contributed by atoms with van der Waals surface area (Å²) in [4.78, 5) is 28.6. The van der Waals surface area contributed by atoms with Gasteiger partial charge in [0.1, 0.15) is 18.3 Å². The van der Waals surface area contributed by atoms with E-state index in [1.165, 1.54) is 0 Å². The lowest BCUT2D eigenvalue weighted by atomic mass is 9.99. The number of carbonyl (C=O) groups is 2. The van der Waals surface area contributed by atoms with Crippen LogP contribution in [0.1, 0.15) is 11.1 Å². The van der Waals surface area contributed by atoms with E-state index in [0.29, 0.717) is 26.9 Å². The maximum atomic E-state index is 12.9. The predicted octanol–water partition coefficient (Wildman–Crippen LogP) is 1.02. The zero-order chi connectivity index (χ0) is 23.9. The summed E-state index contributed by atoms with van der Waals surface area (Å²) in [5.74, 6) is -2.35. The fourth-order valence-corrected chi connectivity index (χ4v) is 3.91. The smallest absolute Gasteiger partial charge is 0.335 e. The van der Waals surface area contributed by atoms with E-state index in [9.17, 15) is 30.0 Å². The molecule has 10 nitrogen and oxygen atoms in total. The minimum absolute atomic E-state index is 0.238. The molecule has 2 aliphatic rings. The molecule has 12 heteroatoms. The first-order valence-corrected chi connectivity index (χ1v) is 10.4. The standard InChI is InChI=1S/C21H18Cl2N2O8/c22-8-5-6-12-10(7-8)13(9-3-1-2-4-11(9)23)25-19(18(29)24-12)33-21-16(28)14(26)15(27)17(32-21)20(30)31/h1-7,14-17,19,21,26-28H,(H,24,29)(H,30,31)/t14-,15-,16+,17-,19-,21-/m0/s1. The number of rotatable bonds is 4. The van der Waals surface area contributed by atoms with Crippen LogP contribution in [0.3, 0.4) is 0 Å². The average Bonchev–Trinajstić information content (AvgIpc) is 2.90. The van der Waals surface area contributed by atoms with Crippen LogP contribution in [0.15, 0.2) is 47.5 Å². The van der Waals surface area contributed by atoms with Gasteiger partial charge in [-0.2, -0.15) is 0 Å². The molecular formula is C21H18Cl2N2O8. The molecule has 33 heavy (non-hydrogen) atoms. The molecule has 0 bridgehead atoms. The van der Waals surface area contributed by atoms with Gasteiger partial charge in [0, 0.05) is 21.2 Å². The largest absolute Gasteiger partial charge is 0.479 e. The van der Waals surface area contributed by atoms with Crippen LogP contribution in [-0.4, -0.2) is 74.9 Å². The molecule has 4 rings (SSSR count). The Hall–Kier alpha value is -2.57. The van der Waals surface area contributed by atoms with Gasteiger partial charge in [-0.3, -0.25) is 4.79 Å². The quantitative estimate of drug-likeness (QED) is 0.419. The van der Waals surface area contributed by atoms with Crippen LogP contribution in [0.5, 0.6) is 0 Å². The molecule has 2 aliphatic heterocycles. The van der Waals surface area contributed by atoms with Crippen LogP contribution < -0.4 is 5.32 Å². The zero-order valence-corrected chi connectivity index (χ0v) is 18.1. The van der Waals surface area contributed by atoms with E-state index in [0.717, 1.165) is 0 Å². The second-order valence-electron chi connectivity index (χ2n) is 7.36. The molecule has 2 aromatic carbocycles. The Labute approximate surface area is 197 Å². The average molecular weight is 497 g/mol. The molecule has 0 unspecified atom stereocenters. The van der Waals surface area contributed by atoms with Crippen molar-refractivity contribution in [3.8, 4) is 0 Å². The molecule has 1 amide bonds. The molecule has 174 valence electrons. The molecule has 1 fully saturated rings. The Morgan fingerprint density at radius 3 is 2.45 bits per heavy atom. The zero-order valence-electron chi connectivity index (χ0n) is 16.6. The number of aliphatic imine (C=N–C) groups is 1. The number of aliphatic hydroxyl groups is 3. The molecule has 0 aliphatic carbocycles. The van der Waals surface area contributed by atoms with Crippen molar-refractivity contribution >= 4 is 46.5 Å². The second kappa shape index (κ2) is 9.35. The maximum Gasteiger partial charge on any atom is 0.335 e. The molecule has 0 radical (unpaired) electrons. The van der Waals surface area contributed by atoms with Crippen LogP contribution >= 0.6 is 23.2 Å². The topological polar surface area (TPSA) is 158 Å². The highest BCUT2D eigenvalue weighted by Crippen LogP contribution is 2.31. The first kappa shape index (κ1) is 23.6. The summed E-state index contributed by atoms with van der Waals surface area (Å²) in [6.07, 6.45) is -11.0. The number of nitrogens with one attached hydrogen (secondary N) is 1. The molecule has 1 saturated heterocycles. The number of aliphatic carboxylic acids is 1. The third-order valence-electron chi connectivity index (χ3n) is 5.17. The van der Waals surface area contributed by atoms with Crippen LogP contribution in [-0.2, 0) is 19.1 Å². The first-order valence-electron chi connectivity index (χ1n) is 9.69. The molecular weight excluding hydrogens is 479 g/mol. The summed E-state index contributed by atoms with van der Waals surface area (Å²) in [5, 5.41) is 42.7. The number of fused-ring (bicyclic) bond motifs is 1. The van der Waals surface area contributed by atoms with Gasteiger partial charge in [-0.25, -0.2) is 9.79 Å². The molecule has 0 saturated carbocycles. The van der Waals surface area contributed by atoms with E-state index in [-0.39, 0.29) is 5.71 Å². The number of hydrogen-bond acceptors (Lipinski definition) is 8. The van der Waals surface area contributed by atoms with Crippen molar-refractivity contribution in [3.05, 3.63) is 63.6 Å². The fourth-order valence-electron chi connectivity index (χ4n) is 3.51. The number of benzodiazepines with no additional fused rings is 1. The molecule has 0 aromatic heterocycles. The highest BCUT2D eigenvalue weighted by Gasteiger charge is 2.48. The summed E-state index contributed by atoms with van der Waals surface area (Å²) < 4.78 is 10.6. The van der Waals surface area contributed by atoms with E-state index in [1.807, 2.05) is 0 Å². The van der Waals surface area contributed by atoms with E-state index in [4.69, 9.17) is 32.7 Å². The minimum atomic E-state index is -1.91. The number of benzene rings is 2. The SMILES string of the molecule is O=C(O)[C@H]1O[C@@H](O[C@@H]2N=C(c3ccccc3Cl)c3cc(Cl)ccc3NC2=O)[C@H](O)[C@@H](O)[C@@H]1O. The van der Waals surface area contributed by atoms with Crippen molar-refractivity contribution in [1.82, 2.24) is 0 Å². The third-order valence-corrected chi connectivity index (χ3v) is 5.73. The number of hydrogen-bond donors (Lipinski definition) is 5. The van der Waals surface area contributed by atoms with Crippen molar-refractivity contribution in [2.45, 2.75) is 36.9 Å². The van der Waals surface area contributed by atoms with Gasteiger partial charge in [-0.05, 0) is 24.3 Å². The first-order chi connectivity index (χ1) is 15.7. The number of carbonyl (C=O) groups excluding carboxylic acids is 1. The highest BCUT2D eigenvalue weighted by molar-refractivity contribution is 6.36. The number of ether oxygens (including phenoxy) is 2. The number of carboxylic acid groups (broad SMARTS) is 1. The Balaban J connectivity index is 1.75. The second-order valence-corrected chi connectivity index (χ2v) is 8.20. The number of carboxylic acids is 1. The summed E-state index contributed by atoms with van der Waals surface area (Å²) in [5.41, 5.74) is 1.50. The summed E-state index contributed by atoms with van der Waals surface area (Å²) >= 11 is 12.5. The van der Waals surface area contributed by atoms with Crippen LogP contribution in [0.4, 0.5) is 5.69 Å². The summed E-state index contributed by atoms with van der Waals surface area (Å²) in [6.45, 7) is 0. The molecule has 5 N–H and O–H groups in total. The van der Waals surface area contributed by atoms with Crippen LogP contribution in [0, 0.1) is 0 Å². The van der Waals surface area contributed by atoms with E-state index < -0.39 is 48.8 Å². The predicted molar refractivity (Wildman–Crippen MR) is 116 cm³/mol. The van der Waals surface area contributed by atoms with Crippen molar-refractivity contribution < 1.29 is 39.5 Å². The van der Waals surface area contributed by atoms with Crippen LogP contribution in [0.2, 0.25) is 10.0 Å². The summed E-state index contributed by atoms with van der Waals surface area (Å²) in [6, 6.07) is 11.4. The molecule has 0 spiro atoms. The van der Waals surface area contributed by atoms with Gasteiger partial charge in [0.05, 0.1) is 11.4 Å². The number of nitrogens with zero attached hydrogens (tertiary/aromatic N) is 1. The van der Waals surface area contributed by atoms with E-state index in [2.05, 4.69) is 10.3 Å². The van der Waals surface area contributed by atoms with Gasteiger partial charge in [0.2, 0.25) is 6.23 Å². The summed E-state index contributed by atoms with van der Waals surface area (Å²) in [7, 11) is 0. The fraction of sp³-hybridized carbons (Fsp3) is 0.286.